The molecular formula is C27H47N5O3. The monoisotopic (exact) mass is 489 g/mol. The van der Waals surface area contributed by atoms with E-state index in [2.05, 4.69) is 34.7 Å². The van der Waals surface area contributed by atoms with Gasteiger partial charge in [0, 0.05) is 25.1 Å². The Hall–Kier alpha value is -1.22. The van der Waals surface area contributed by atoms with E-state index in [1.807, 2.05) is 0 Å². The van der Waals surface area contributed by atoms with Crippen LogP contribution in [-0.2, 0) is 4.74 Å². The van der Waals surface area contributed by atoms with Crippen molar-refractivity contribution in [3.8, 4) is 0 Å². The van der Waals surface area contributed by atoms with Gasteiger partial charge in [-0.3, -0.25) is 4.99 Å². The van der Waals surface area contributed by atoms with Crippen molar-refractivity contribution < 1.29 is 14.9 Å². The van der Waals surface area contributed by atoms with Crippen molar-refractivity contribution in [1.82, 2.24) is 10.7 Å². The van der Waals surface area contributed by atoms with Gasteiger partial charge in [-0.15, -0.1) is 0 Å². The minimum atomic E-state index is -1.12. The first-order valence-corrected chi connectivity index (χ1v) is 14.1. The van der Waals surface area contributed by atoms with E-state index in [4.69, 9.17) is 10.5 Å². The van der Waals surface area contributed by atoms with Crippen molar-refractivity contribution in [3.05, 3.63) is 0 Å². The second kappa shape index (κ2) is 9.58. The number of ether oxygens (including phenoxy) is 1. The van der Waals surface area contributed by atoms with Gasteiger partial charge in [-0.1, -0.05) is 13.8 Å². The zero-order valence-electron chi connectivity index (χ0n) is 21.8. The van der Waals surface area contributed by atoms with Gasteiger partial charge in [-0.2, -0.15) is 5.10 Å². The summed E-state index contributed by atoms with van der Waals surface area (Å²) in [7, 11) is 0. The highest BCUT2D eigenvalue weighted by atomic mass is 16.5. The summed E-state index contributed by atoms with van der Waals surface area (Å²) >= 11 is 0. The highest BCUT2D eigenvalue weighted by Gasteiger charge is 2.71. The molecule has 0 unspecified atom stereocenters. The smallest absolute Gasteiger partial charge is 0.212 e. The Morgan fingerprint density at radius 1 is 1.14 bits per heavy atom. The Balaban J connectivity index is 1.30. The van der Waals surface area contributed by atoms with Crippen LogP contribution < -0.4 is 16.5 Å². The highest BCUT2D eigenvalue weighted by molar-refractivity contribution is 5.81. The van der Waals surface area contributed by atoms with Crippen molar-refractivity contribution in [3.63, 3.8) is 0 Å². The molecular weight excluding hydrogens is 442 g/mol. The largest absolute Gasteiger partial charge is 0.389 e. The van der Waals surface area contributed by atoms with E-state index >= 15 is 0 Å². The number of nitrogens with one attached hydrogen (secondary N) is 2. The van der Waals surface area contributed by atoms with Gasteiger partial charge in [0.1, 0.15) is 5.60 Å². The van der Waals surface area contributed by atoms with Gasteiger partial charge >= 0.3 is 0 Å². The molecule has 4 fully saturated rings. The molecule has 0 aromatic carbocycles. The second-order valence-corrected chi connectivity index (χ2v) is 12.5. The van der Waals surface area contributed by atoms with Crippen LogP contribution in [0.2, 0.25) is 0 Å². The first-order chi connectivity index (χ1) is 16.8. The molecule has 8 heteroatoms. The van der Waals surface area contributed by atoms with Crippen molar-refractivity contribution in [2.75, 3.05) is 26.2 Å². The molecule has 6 N–H and O–H groups in total. The summed E-state index contributed by atoms with van der Waals surface area (Å²) in [5.74, 6) is 2.05. The number of hydrogen-bond donors (Lipinski definition) is 5. The fourth-order valence-electron chi connectivity index (χ4n) is 8.74. The predicted octanol–water partition coefficient (Wildman–Crippen LogP) is 2.53. The van der Waals surface area contributed by atoms with Crippen LogP contribution in [0.1, 0.15) is 84.5 Å². The SMILES string of the molecule is C[C@]12CC[C@H](OCCCN)C[C@H]1CC[C@@H]1[C@@H]2CC[C@]2(C)[C@@](O)(/C=N/NC3=NCCCN3)CC[C@]12O. The zero-order valence-corrected chi connectivity index (χ0v) is 21.8. The van der Waals surface area contributed by atoms with Crippen LogP contribution in [-0.4, -0.2) is 65.9 Å². The minimum absolute atomic E-state index is 0.233. The predicted molar refractivity (Wildman–Crippen MR) is 138 cm³/mol. The molecule has 0 saturated heterocycles. The van der Waals surface area contributed by atoms with Crippen LogP contribution in [0.5, 0.6) is 0 Å². The fourth-order valence-corrected chi connectivity index (χ4v) is 8.74. The third kappa shape index (κ3) is 4.12. The van der Waals surface area contributed by atoms with Crippen molar-refractivity contribution in [1.29, 1.82) is 0 Å². The maximum Gasteiger partial charge on any atom is 0.212 e. The van der Waals surface area contributed by atoms with Gasteiger partial charge in [-0.05, 0) is 100 Å². The summed E-state index contributed by atoms with van der Waals surface area (Å²) in [5.41, 5.74) is 6.28. The van der Waals surface area contributed by atoms with Crippen LogP contribution in [0.4, 0.5) is 0 Å². The Morgan fingerprint density at radius 2 is 2.00 bits per heavy atom. The lowest BCUT2D eigenvalue weighted by Crippen LogP contribution is -2.65. The lowest BCUT2D eigenvalue weighted by Gasteiger charge is -2.64. The number of guanidine groups is 1. The zero-order chi connectivity index (χ0) is 24.7. The van der Waals surface area contributed by atoms with E-state index in [0.717, 1.165) is 71.1 Å². The van der Waals surface area contributed by atoms with E-state index in [1.165, 1.54) is 6.42 Å². The van der Waals surface area contributed by atoms with Gasteiger partial charge in [0.05, 0.1) is 17.9 Å². The number of hydrazone groups is 1. The Kier molecular flexibility index (Phi) is 6.96. The van der Waals surface area contributed by atoms with Crippen LogP contribution in [0.3, 0.4) is 0 Å². The van der Waals surface area contributed by atoms with E-state index in [9.17, 15) is 10.2 Å². The standard InChI is InChI=1S/C27H47N5O3/c1-24-9-7-20(35-16-3-13-28)17-19(24)5-6-22-21(24)8-10-25(2)26(33,11-12-27(22,25)34)18-31-32-23-29-14-4-15-30-23/h18-22,33-34H,3-17,28H2,1-2H3,(H2,29,30,32)/b31-18+/t19-,20+,21+,22-,24+,25-,26+,27+/m1/s1. The Labute approximate surface area is 210 Å². The van der Waals surface area contributed by atoms with Gasteiger partial charge in [0.25, 0.3) is 0 Å². The summed E-state index contributed by atoms with van der Waals surface area (Å²) in [5, 5.41) is 31.7. The van der Waals surface area contributed by atoms with Gasteiger partial charge < -0.3 is 26.0 Å². The molecule has 35 heavy (non-hydrogen) atoms. The molecule has 4 saturated carbocycles. The van der Waals surface area contributed by atoms with Gasteiger partial charge in [-0.25, -0.2) is 5.43 Å². The van der Waals surface area contributed by atoms with Gasteiger partial charge in [0.2, 0.25) is 5.96 Å². The van der Waals surface area contributed by atoms with E-state index < -0.39 is 16.6 Å². The Bertz CT molecular complexity index is 838. The normalized spacial score (nSPS) is 47.4. The number of hydrogen-bond acceptors (Lipinski definition) is 8. The average molecular weight is 490 g/mol. The molecule has 0 aromatic heterocycles. The summed E-state index contributed by atoms with van der Waals surface area (Å²) in [6.07, 6.45) is 12.6. The third-order valence-electron chi connectivity index (χ3n) is 11.1. The third-order valence-corrected chi connectivity index (χ3v) is 11.1. The second-order valence-electron chi connectivity index (χ2n) is 12.5. The quantitative estimate of drug-likeness (QED) is 0.222. The number of nitrogens with two attached hydrogens (primary N) is 1. The molecule has 5 aliphatic rings. The molecule has 0 radical (unpaired) electrons. The molecule has 5 rings (SSSR count). The van der Waals surface area contributed by atoms with Crippen molar-refractivity contribution in [2.24, 2.45) is 44.4 Å². The molecule has 0 amide bonds. The van der Waals surface area contributed by atoms with E-state index in [1.54, 1.807) is 6.21 Å². The minimum Gasteiger partial charge on any atom is -0.389 e. The average Bonchev–Trinajstić information content (AvgIpc) is 3.06. The molecule has 8 nitrogen and oxygen atoms in total. The lowest BCUT2D eigenvalue weighted by atomic mass is 9.43. The maximum absolute atomic E-state index is 12.3. The topological polar surface area (TPSA) is 124 Å². The highest BCUT2D eigenvalue weighted by Crippen LogP contribution is 2.69. The van der Waals surface area contributed by atoms with Gasteiger partial charge in [0.15, 0.2) is 0 Å². The van der Waals surface area contributed by atoms with Crippen LogP contribution in [0.15, 0.2) is 10.1 Å². The number of fused-ring (bicyclic) bond motifs is 5. The van der Waals surface area contributed by atoms with E-state index in [0.29, 0.717) is 43.3 Å². The number of nitrogens with zero attached hydrogens (tertiary/aromatic N) is 2. The van der Waals surface area contributed by atoms with E-state index in [-0.39, 0.29) is 11.3 Å². The molecule has 0 aromatic rings. The first kappa shape index (κ1) is 25.4. The van der Waals surface area contributed by atoms with Crippen LogP contribution >= 0.6 is 0 Å². The molecule has 8 atom stereocenters. The fraction of sp³-hybridized carbons (Fsp3) is 0.926. The number of rotatable bonds is 6. The molecule has 4 aliphatic carbocycles. The lowest BCUT2D eigenvalue weighted by molar-refractivity contribution is -0.225. The molecule has 1 heterocycles. The number of aliphatic hydroxyl groups is 2. The molecule has 0 bridgehead atoms. The number of aliphatic imine (C=N–C) groups is 1. The Morgan fingerprint density at radius 3 is 2.77 bits per heavy atom. The summed E-state index contributed by atoms with van der Waals surface area (Å²) < 4.78 is 6.17. The molecule has 198 valence electrons. The first-order valence-electron chi connectivity index (χ1n) is 14.1. The molecule has 1 aliphatic heterocycles. The maximum atomic E-state index is 12.3. The summed E-state index contributed by atoms with van der Waals surface area (Å²) in [4.78, 5) is 4.39. The van der Waals surface area contributed by atoms with Crippen molar-refractivity contribution >= 4 is 12.2 Å². The van der Waals surface area contributed by atoms with Crippen LogP contribution in [0, 0.1) is 28.6 Å². The summed E-state index contributed by atoms with van der Waals surface area (Å²) in [6, 6.07) is 0. The van der Waals surface area contributed by atoms with Crippen LogP contribution in [0.25, 0.3) is 0 Å². The van der Waals surface area contributed by atoms with Crippen molar-refractivity contribution in [2.45, 2.75) is 102 Å². The summed E-state index contributed by atoms with van der Waals surface area (Å²) in [6.45, 7) is 7.72. The molecule has 0 spiro atoms.